The monoisotopic (exact) mass is 331 g/mol. The maximum absolute atomic E-state index is 13.6. The molecule has 3 aromatic rings. The molecule has 6 heteroatoms. The molecule has 0 unspecified atom stereocenters. The van der Waals surface area contributed by atoms with Crippen LogP contribution in [0, 0.1) is 19.7 Å². The van der Waals surface area contributed by atoms with E-state index in [2.05, 4.69) is 4.98 Å². The molecule has 0 N–H and O–H groups in total. The maximum Gasteiger partial charge on any atom is 0.339 e. The van der Waals surface area contributed by atoms with Crippen molar-refractivity contribution in [2.75, 3.05) is 0 Å². The van der Waals surface area contributed by atoms with Crippen LogP contribution in [0.25, 0.3) is 10.9 Å². The van der Waals surface area contributed by atoms with Crippen LogP contribution in [0.5, 0.6) is 5.75 Å². The molecule has 0 amide bonds. The number of halogens is 1. The average molecular weight is 331 g/mol. The van der Waals surface area contributed by atoms with E-state index in [9.17, 15) is 12.8 Å². The molecule has 0 fully saturated rings. The molecule has 3 rings (SSSR count). The first-order valence-corrected chi connectivity index (χ1v) is 8.35. The lowest BCUT2D eigenvalue weighted by molar-refractivity contribution is 0.486. The van der Waals surface area contributed by atoms with Crippen LogP contribution in [-0.4, -0.2) is 13.4 Å². The Labute approximate surface area is 133 Å². The summed E-state index contributed by atoms with van der Waals surface area (Å²) in [6, 6.07) is 12.4. The molecule has 0 aliphatic carbocycles. The van der Waals surface area contributed by atoms with Crippen molar-refractivity contribution < 1.29 is 17.0 Å². The zero-order valence-electron chi connectivity index (χ0n) is 12.6. The SMILES string of the molecule is Cc1ccc2cccc(OS(=O)(=O)c3ccc(C)c(F)c3)c2n1. The minimum atomic E-state index is -4.14. The third-order valence-electron chi connectivity index (χ3n) is 3.45. The third kappa shape index (κ3) is 3.03. The van der Waals surface area contributed by atoms with Crippen LogP contribution in [0.1, 0.15) is 11.3 Å². The molecular formula is C17H14FNO3S. The number of para-hydroxylation sites is 1. The summed E-state index contributed by atoms with van der Waals surface area (Å²) in [5.74, 6) is -0.478. The van der Waals surface area contributed by atoms with Crippen LogP contribution in [-0.2, 0) is 10.1 Å². The molecule has 0 aliphatic heterocycles. The number of rotatable bonds is 3. The van der Waals surface area contributed by atoms with Gasteiger partial charge in [0.2, 0.25) is 0 Å². The molecule has 0 saturated carbocycles. The molecule has 0 radical (unpaired) electrons. The molecule has 2 aromatic carbocycles. The Kier molecular flexibility index (Phi) is 3.77. The molecule has 1 heterocycles. The molecule has 0 atom stereocenters. The fourth-order valence-electron chi connectivity index (χ4n) is 2.18. The highest BCUT2D eigenvalue weighted by atomic mass is 32.2. The first kappa shape index (κ1) is 15.4. The Hall–Kier alpha value is -2.47. The first-order valence-electron chi connectivity index (χ1n) is 6.94. The number of aromatic nitrogens is 1. The molecule has 4 nitrogen and oxygen atoms in total. The van der Waals surface area contributed by atoms with Gasteiger partial charge in [-0.05, 0) is 43.7 Å². The molecule has 1 aromatic heterocycles. The summed E-state index contributed by atoms with van der Waals surface area (Å²) in [6.07, 6.45) is 0. The van der Waals surface area contributed by atoms with Crippen molar-refractivity contribution in [3.05, 3.63) is 65.6 Å². The molecule has 0 aliphatic rings. The van der Waals surface area contributed by atoms with Crippen molar-refractivity contribution in [1.29, 1.82) is 0 Å². The normalized spacial score (nSPS) is 11.6. The van der Waals surface area contributed by atoms with E-state index in [1.54, 1.807) is 19.9 Å². The van der Waals surface area contributed by atoms with Crippen LogP contribution >= 0.6 is 0 Å². The van der Waals surface area contributed by atoms with E-state index in [1.165, 1.54) is 18.2 Å². The number of hydrogen-bond acceptors (Lipinski definition) is 4. The second kappa shape index (κ2) is 5.62. The highest BCUT2D eigenvalue weighted by Crippen LogP contribution is 2.27. The number of pyridine rings is 1. The van der Waals surface area contributed by atoms with Crippen LogP contribution in [0.15, 0.2) is 53.4 Å². The van der Waals surface area contributed by atoms with Gasteiger partial charge in [0.25, 0.3) is 0 Å². The summed E-state index contributed by atoms with van der Waals surface area (Å²) in [6.45, 7) is 3.37. The Morgan fingerprint density at radius 3 is 2.57 bits per heavy atom. The predicted molar refractivity (Wildman–Crippen MR) is 85.4 cm³/mol. The van der Waals surface area contributed by atoms with Gasteiger partial charge in [-0.2, -0.15) is 8.42 Å². The van der Waals surface area contributed by atoms with Crippen molar-refractivity contribution in [3.8, 4) is 5.75 Å². The summed E-state index contributed by atoms with van der Waals surface area (Å²) in [5.41, 5.74) is 1.56. The second-order valence-corrected chi connectivity index (χ2v) is 6.78. The summed E-state index contributed by atoms with van der Waals surface area (Å²) in [5, 5.41) is 0.762. The Morgan fingerprint density at radius 2 is 1.83 bits per heavy atom. The summed E-state index contributed by atoms with van der Waals surface area (Å²) in [7, 11) is -4.14. The molecule has 0 saturated heterocycles. The Balaban J connectivity index is 2.07. The van der Waals surface area contributed by atoms with Gasteiger partial charge < -0.3 is 4.18 Å². The van der Waals surface area contributed by atoms with Gasteiger partial charge in [-0.1, -0.05) is 24.3 Å². The quantitative estimate of drug-likeness (QED) is 0.686. The molecule has 0 bridgehead atoms. The van der Waals surface area contributed by atoms with Gasteiger partial charge in [-0.15, -0.1) is 0 Å². The van der Waals surface area contributed by atoms with E-state index in [4.69, 9.17) is 4.18 Å². The zero-order valence-corrected chi connectivity index (χ0v) is 13.4. The summed E-state index contributed by atoms with van der Waals surface area (Å²) < 4.78 is 43.6. The minimum absolute atomic E-state index is 0.118. The number of benzene rings is 2. The standard InChI is InChI=1S/C17H14FNO3S/c1-11-6-9-14(10-15(11)18)23(20,21)22-16-5-3-4-13-8-7-12(2)19-17(13)16/h3-10H,1-2H3. The van der Waals surface area contributed by atoms with Gasteiger partial charge in [0.05, 0.1) is 0 Å². The second-order valence-electron chi connectivity index (χ2n) is 5.23. The maximum atomic E-state index is 13.6. The van der Waals surface area contributed by atoms with E-state index in [1.807, 2.05) is 18.2 Å². The van der Waals surface area contributed by atoms with Crippen molar-refractivity contribution in [2.45, 2.75) is 18.7 Å². The fourth-order valence-corrected chi connectivity index (χ4v) is 3.13. The van der Waals surface area contributed by atoms with Gasteiger partial charge >= 0.3 is 10.1 Å². The fraction of sp³-hybridized carbons (Fsp3) is 0.118. The molecule has 118 valence electrons. The minimum Gasteiger partial charge on any atom is -0.377 e. The molecule has 0 spiro atoms. The highest BCUT2D eigenvalue weighted by molar-refractivity contribution is 7.87. The smallest absolute Gasteiger partial charge is 0.339 e. The van der Waals surface area contributed by atoms with Gasteiger partial charge in [-0.25, -0.2) is 9.37 Å². The average Bonchev–Trinajstić information content (AvgIpc) is 2.50. The number of hydrogen-bond donors (Lipinski definition) is 0. The highest BCUT2D eigenvalue weighted by Gasteiger charge is 2.19. The van der Waals surface area contributed by atoms with E-state index in [0.29, 0.717) is 11.1 Å². The number of nitrogens with zero attached hydrogens (tertiary/aromatic N) is 1. The number of aryl methyl sites for hydroxylation is 2. The lowest BCUT2D eigenvalue weighted by atomic mass is 10.2. The predicted octanol–water partition coefficient (Wildman–Crippen LogP) is 3.76. The van der Waals surface area contributed by atoms with Crippen LogP contribution in [0.4, 0.5) is 4.39 Å². The first-order chi connectivity index (χ1) is 10.9. The Morgan fingerprint density at radius 1 is 1.04 bits per heavy atom. The van der Waals surface area contributed by atoms with Gasteiger partial charge in [-0.3, -0.25) is 0 Å². The van der Waals surface area contributed by atoms with Crippen molar-refractivity contribution >= 4 is 21.0 Å². The van der Waals surface area contributed by atoms with E-state index in [-0.39, 0.29) is 10.6 Å². The van der Waals surface area contributed by atoms with Gasteiger partial charge in [0.1, 0.15) is 16.2 Å². The largest absolute Gasteiger partial charge is 0.377 e. The number of fused-ring (bicyclic) bond motifs is 1. The lowest BCUT2D eigenvalue weighted by Gasteiger charge is -2.10. The van der Waals surface area contributed by atoms with E-state index in [0.717, 1.165) is 17.1 Å². The van der Waals surface area contributed by atoms with E-state index < -0.39 is 15.9 Å². The molecular weight excluding hydrogens is 317 g/mol. The zero-order chi connectivity index (χ0) is 16.6. The third-order valence-corrected chi connectivity index (χ3v) is 4.68. The van der Waals surface area contributed by atoms with Crippen LogP contribution in [0.3, 0.4) is 0 Å². The van der Waals surface area contributed by atoms with Crippen LogP contribution < -0.4 is 4.18 Å². The van der Waals surface area contributed by atoms with Gasteiger partial charge in [0, 0.05) is 11.1 Å². The van der Waals surface area contributed by atoms with Crippen molar-refractivity contribution in [3.63, 3.8) is 0 Å². The Bertz CT molecular complexity index is 1000. The van der Waals surface area contributed by atoms with Crippen molar-refractivity contribution in [1.82, 2.24) is 4.98 Å². The topological polar surface area (TPSA) is 56.3 Å². The lowest BCUT2D eigenvalue weighted by Crippen LogP contribution is -2.10. The summed E-state index contributed by atoms with van der Waals surface area (Å²) >= 11 is 0. The van der Waals surface area contributed by atoms with E-state index >= 15 is 0 Å². The van der Waals surface area contributed by atoms with Crippen molar-refractivity contribution in [2.24, 2.45) is 0 Å². The van der Waals surface area contributed by atoms with Gasteiger partial charge in [0.15, 0.2) is 5.75 Å². The van der Waals surface area contributed by atoms with Crippen LogP contribution in [0.2, 0.25) is 0 Å². The molecule has 23 heavy (non-hydrogen) atoms. The summed E-state index contributed by atoms with van der Waals surface area (Å²) in [4.78, 5) is 4.09.